The van der Waals surface area contributed by atoms with Gasteiger partial charge in [0.1, 0.15) is 23.8 Å². The average Bonchev–Trinajstić information content (AvgIpc) is 3.54. The predicted octanol–water partition coefficient (Wildman–Crippen LogP) is 4.50. The van der Waals surface area contributed by atoms with Gasteiger partial charge in [-0.15, -0.1) is 10.2 Å². The van der Waals surface area contributed by atoms with E-state index in [4.69, 9.17) is 5.41 Å². The van der Waals surface area contributed by atoms with Crippen molar-refractivity contribution in [2.75, 3.05) is 10.2 Å². The molecule has 196 valence electrons. The van der Waals surface area contributed by atoms with Crippen molar-refractivity contribution in [3.63, 3.8) is 0 Å². The summed E-state index contributed by atoms with van der Waals surface area (Å²) >= 11 is 0. The third-order valence-electron chi connectivity index (χ3n) is 6.37. The standard InChI is InChI=1S/C25H24F3N9O/c1-13(2)22(29)33-19-8-14(21-16(10-31-36(21)4)23-34-30-12-35(23)3)9-20(32-19)37-11-17-15(24(37)38)6-5-7-18(17)25(26,27)28/h5-10,12-13H,11H2,1-4H3,(H2,29,32,33). The van der Waals surface area contributed by atoms with Gasteiger partial charge in [-0.2, -0.15) is 18.3 Å². The van der Waals surface area contributed by atoms with Crippen LogP contribution in [0.2, 0.25) is 0 Å². The summed E-state index contributed by atoms with van der Waals surface area (Å²) in [6.45, 7) is 3.39. The number of hydrogen-bond donors (Lipinski definition) is 2. The zero-order valence-electron chi connectivity index (χ0n) is 21.0. The third-order valence-corrected chi connectivity index (χ3v) is 6.37. The fourth-order valence-corrected chi connectivity index (χ4v) is 4.39. The Morgan fingerprint density at radius 2 is 1.92 bits per heavy atom. The number of carbonyl (C=O) groups is 1. The summed E-state index contributed by atoms with van der Waals surface area (Å²) in [5.74, 6) is 0.424. The Balaban J connectivity index is 1.65. The molecule has 0 unspecified atom stereocenters. The molecular weight excluding hydrogens is 499 g/mol. The van der Waals surface area contributed by atoms with Crippen molar-refractivity contribution >= 4 is 23.4 Å². The topological polar surface area (TPSA) is 118 Å². The molecule has 3 aromatic heterocycles. The first-order valence-corrected chi connectivity index (χ1v) is 11.7. The lowest BCUT2D eigenvalue weighted by Crippen LogP contribution is -2.25. The molecule has 0 atom stereocenters. The van der Waals surface area contributed by atoms with Crippen molar-refractivity contribution in [2.45, 2.75) is 26.6 Å². The molecule has 0 saturated heterocycles. The number of nitrogens with zero attached hydrogens (tertiary/aromatic N) is 7. The SMILES string of the molecule is CC(C)C(=N)Nc1cc(-c2c(-c3nncn3C)cnn2C)cc(N2Cc3c(cccc3C(F)(F)F)C2=O)n1. The molecule has 5 rings (SSSR count). The van der Waals surface area contributed by atoms with Crippen LogP contribution in [0.4, 0.5) is 24.8 Å². The van der Waals surface area contributed by atoms with E-state index in [9.17, 15) is 18.0 Å². The number of fused-ring (bicyclic) bond motifs is 1. The molecule has 1 aromatic carbocycles. The lowest BCUT2D eigenvalue weighted by molar-refractivity contribution is -0.138. The minimum atomic E-state index is -4.60. The molecule has 1 aliphatic heterocycles. The smallest absolute Gasteiger partial charge is 0.329 e. The number of halogens is 3. The molecule has 4 aromatic rings. The number of nitrogens with one attached hydrogen (secondary N) is 2. The van der Waals surface area contributed by atoms with E-state index in [1.807, 2.05) is 13.8 Å². The lowest BCUT2D eigenvalue weighted by atomic mass is 10.0. The van der Waals surface area contributed by atoms with Crippen molar-refractivity contribution in [1.29, 1.82) is 5.41 Å². The molecule has 10 nitrogen and oxygen atoms in total. The number of aryl methyl sites for hydroxylation is 2. The van der Waals surface area contributed by atoms with E-state index >= 15 is 0 Å². The highest BCUT2D eigenvalue weighted by molar-refractivity contribution is 6.10. The van der Waals surface area contributed by atoms with Crippen molar-refractivity contribution in [3.05, 3.63) is 59.5 Å². The molecule has 1 aliphatic rings. The van der Waals surface area contributed by atoms with Crippen molar-refractivity contribution < 1.29 is 18.0 Å². The minimum absolute atomic E-state index is 0.0169. The van der Waals surface area contributed by atoms with Gasteiger partial charge < -0.3 is 9.88 Å². The summed E-state index contributed by atoms with van der Waals surface area (Å²) in [4.78, 5) is 19.0. The molecular formula is C25H24F3N9O. The predicted molar refractivity (Wildman–Crippen MR) is 135 cm³/mol. The van der Waals surface area contributed by atoms with E-state index < -0.39 is 17.6 Å². The Morgan fingerprint density at radius 3 is 2.58 bits per heavy atom. The third kappa shape index (κ3) is 4.29. The van der Waals surface area contributed by atoms with Gasteiger partial charge in [-0.25, -0.2) is 4.98 Å². The summed E-state index contributed by atoms with van der Waals surface area (Å²) in [6, 6.07) is 6.91. The van der Waals surface area contributed by atoms with Crippen LogP contribution in [-0.2, 0) is 26.8 Å². The summed E-state index contributed by atoms with van der Waals surface area (Å²) in [5, 5.41) is 23.7. The second kappa shape index (κ2) is 9.08. The summed E-state index contributed by atoms with van der Waals surface area (Å²) in [5.41, 5.74) is 0.901. The van der Waals surface area contributed by atoms with Crippen molar-refractivity contribution in [3.8, 4) is 22.6 Å². The summed E-state index contributed by atoms with van der Waals surface area (Å²) in [6.07, 6.45) is -1.41. The van der Waals surface area contributed by atoms with Gasteiger partial charge >= 0.3 is 6.18 Å². The monoisotopic (exact) mass is 523 g/mol. The van der Waals surface area contributed by atoms with Gasteiger partial charge in [0, 0.05) is 31.1 Å². The molecule has 13 heteroatoms. The lowest BCUT2D eigenvalue weighted by Gasteiger charge is -2.19. The fourth-order valence-electron chi connectivity index (χ4n) is 4.39. The quantitative estimate of drug-likeness (QED) is 0.294. The van der Waals surface area contributed by atoms with Crippen LogP contribution >= 0.6 is 0 Å². The number of aromatic nitrogens is 6. The maximum Gasteiger partial charge on any atom is 0.416 e. The molecule has 0 radical (unpaired) electrons. The Morgan fingerprint density at radius 1 is 1.16 bits per heavy atom. The highest BCUT2D eigenvalue weighted by Crippen LogP contribution is 2.40. The van der Waals surface area contributed by atoms with E-state index in [0.717, 1.165) is 6.07 Å². The minimum Gasteiger partial charge on any atom is -0.329 e. The van der Waals surface area contributed by atoms with Gasteiger partial charge in [-0.3, -0.25) is 19.8 Å². The highest BCUT2D eigenvalue weighted by Gasteiger charge is 2.40. The Bertz CT molecular complexity index is 1570. The Kier molecular flexibility index (Phi) is 6.00. The second-order valence-corrected chi connectivity index (χ2v) is 9.31. The number of amidine groups is 1. The van der Waals surface area contributed by atoms with Gasteiger partial charge in [0.15, 0.2) is 5.82 Å². The van der Waals surface area contributed by atoms with Crippen LogP contribution in [-0.4, -0.2) is 41.3 Å². The second-order valence-electron chi connectivity index (χ2n) is 9.31. The molecule has 2 N–H and O–H groups in total. The van der Waals surface area contributed by atoms with Crippen LogP contribution in [0.15, 0.2) is 42.9 Å². The van der Waals surface area contributed by atoms with E-state index in [1.54, 1.807) is 48.0 Å². The zero-order chi connectivity index (χ0) is 27.4. The van der Waals surface area contributed by atoms with E-state index in [2.05, 4.69) is 25.6 Å². The van der Waals surface area contributed by atoms with Crippen LogP contribution in [0.1, 0.15) is 35.3 Å². The maximum atomic E-state index is 13.7. The molecule has 0 bridgehead atoms. The average molecular weight is 524 g/mol. The summed E-state index contributed by atoms with van der Waals surface area (Å²) in [7, 11) is 3.53. The number of anilines is 2. The van der Waals surface area contributed by atoms with E-state index in [1.165, 1.54) is 17.0 Å². The zero-order valence-corrected chi connectivity index (χ0v) is 21.0. The number of alkyl halides is 3. The van der Waals surface area contributed by atoms with Gasteiger partial charge in [-0.05, 0) is 29.8 Å². The van der Waals surface area contributed by atoms with Crippen LogP contribution in [0.5, 0.6) is 0 Å². The number of pyridine rings is 1. The van der Waals surface area contributed by atoms with Crippen LogP contribution in [0.3, 0.4) is 0 Å². The Hall–Kier alpha value is -4.55. The number of benzene rings is 1. The molecule has 0 aliphatic carbocycles. The number of hydrogen-bond acceptors (Lipinski definition) is 6. The Labute approximate surface area is 215 Å². The van der Waals surface area contributed by atoms with E-state index in [0.29, 0.717) is 22.6 Å². The van der Waals surface area contributed by atoms with Gasteiger partial charge in [0.25, 0.3) is 5.91 Å². The maximum absolute atomic E-state index is 13.7. The molecule has 0 saturated carbocycles. The molecule has 0 spiro atoms. The number of rotatable bonds is 5. The number of amides is 1. The molecule has 38 heavy (non-hydrogen) atoms. The van der Waals surface area contributed by atoms with Crippen molar-refractivity contribution in [1.82, 2.24) is 29.5 Å². The van der Waals surface area contributed by atoms with Gasteiger partial charge in [0.2, 0.25) is 0 Å². The van der Waals surface area contributed by atoms with E-state index in [-0.39, 0.29) is 41.1 Å². The highest BCUT2D eigenvalue weighted by atomic mass is 19.4. The van der Waals surface area contributed by atoms with Crippen molar-refractivity contribution in [2.24, 2.45) is 20.0 Å². The first-order valence-electron chi connectivity index (χ1n) is 11.7. The van der Waals surface area contributed by atoms with Gasteiger partial charge in [-0.1, -0.05) is 19.9 Å². The molecule has 1 amide bonds. The van der Waals surface area contributed by atoms with Crippen LogP contribution in [0.25, 0.3) is 22.6 Å². The van der Waals surface area contributed by atoms with Gasteiger partial charge in [0.05, 0.1) is 29.6 Å². The molecule has 4 heterocycles. The normalized spacial score (nSPS) is 13.4. The fraction of sp³-hybridized carbons (Fsp3) is 0.280. The van der Waals surface area contributed by atoms with Crippen LogP contribution in [0, 0.1) is 11.3 Å². The largest absolute Gasteiger partial charge is 0.416 e. The van der Waals surface area contributed by atoms with Crippen LogP contribution < -0.4 is 10.2 Å². The first kappa shape index (κ1) is 25.1. The number of carbonyl (C=O) groups excluding carboxylic acids is 1. The summed E-state index contributed by atoms with van der Waals surface area (Å²) < 4.78 is 44.4. The first-order chi connectivity index (χ1) is 18.0. The molecule has 0 fully saturated rings.